The molecule has 40 heavy (non-hydrogen) atoms. The van der Waals surface area contributed by atoms with Crippen LogP contribution in [-0.4, -0.2) is 43.8 Å². The Labute approximate surface area is 243 Å². The van der Waals surface area contributed by atoms with Gasteiger partial charge in [0.05, 0.1) is 0 Å². The number of ether oxygens (including phenoxy) is 1. The minimum atomic E-state index is -1.15. The standard InChI is InChI=1S/C31H26ClFN2O4Se/c32-30-23(7-4-9-26(30)25-8-1-2-10-27(25)33)19-40-24-12-11-22(16-35-28(17-36)31(37)38)29(14-24)39-18-21-6-3-5-20(13-21)15-34/h1-14,28,35-36H,16-19H2,(H,37,38)/t28-/m0/s1. The van der Waals surface area contributed by atoms with Gasteiger partial charge in [0.1, 0.15) is 0 Å². The summed E-state index contributed by atoms with van der Waals surface area (Å²) in [4.78, 5) is 11.3. The van der Waals surface area contributed by atoms with E-state index in [9.17, 15) is 24.7 Å². The third-order valence-corrected chi connectivity index (χ3v) is 8.78. The van der Waals surface area contributed by atoms with Gasteiger partial charge in [0.15, 0.2) is 0 Å². The number of benzene rings is 4. The van der Waals surface area contributed by atoms with Crippen LogP contribution in [0.25, 0.3) is 11.1 Å². The number of hydrogen-bond donors (Lipinski definition) is 3. The summed E-state index contributed by atoms with van der Waals surface area (Å²) < 4.78 is 21.6. The van der Waals surface area contributed by atoms with Crippen LogP contribution in [0.4, 0.5) is 4.39 Å². The van der Waals surface area contributed by atoms with Crippen LogP contribution in [-0.2, 0) is 23.3 Å². The zero-order valence-electron chi connectivity index (χ0n) is 21.3. The second-order valence-electron chi connectivity index (χ2n) is 8.87. The number of aliphatic hydroxyl groups excluding tert-OH is 1. The number of carboxylic acid groups (broad SMARTS) is 1. The summed E-state index contributed by atoms with van der Waals surface area (Å²) in [7, 11) is 0. The first-order valence-electron chi connectivity index (χ1n) is 12.4. The molecule has 1 atom stereocenters. The van der Waals surface area contributed by atoms with Gasteiger partial charge in [-0.15, -0.1) is 0 Å². The number of nitrogens with zero attached hydrogens (tertiary/aromatic N) is 1. The molecule has 0 aliphatic heterocycles. The molecule has 4 rings (SSSR count). The zero-order valence-corrected chi connectivity index (χ0v) is 23.8. The molecule has 0 radical (unpaired) electrons. The summed E-state index contributed by atoms with van der Waals surface area (Å²) in [6.07, 6.45) is 0. The Hall–Kier alpha value is -3.70. The van der Waals surface area contributed by atoms with Gasteiger partial charge in [-0.2, -0.15) is 0 Å². The number of halogens is 2. The molecule has 3 N–H and O–H groups in total. The molecule has 0 saturated carbocycles. The summed E-state index contributed by atoms with van der Waals surface area (Å²) in [6, 6.07) is 26.1. The Morgan fingerprint density at radius 3 is 2.55 bits per heavy atom. The van der Waals surface area contributed by atoms with E-state index in [1.165, 1.54) is 6.07 Å². The number of carbonyl (C=O) groups is 1. The van der Waals surface area contributed by atoms with Gasteiger partial charge in [0.2, 0.25) is 0 Å². The maximum atomic E-state index is 14.4. The monoisotopic (exact) mass is 624 g/mol. The van der Waals surface area contributed by atoms with Gasteiger partial charge in [-0.05, 0) is 0 Å². The van der Waals surface area contributed by atoms with E-state index in [-0.39, 0.29) is 33.9 Å². The molecule has 4 aromatic carbocycles. The normalized spacial score (nSPS) is 11.6. The number of nitrogens with one attached hydrogen (secondary N) is 1. The van der Waals surface area contributed by atoms with Crippen molar-refractivity contribution in [1.29, 1.82) is 5.26 Å². The van der Waals surface area contributed by atoms with E-state index in [1.807, 2.05) is 42.5 Å². The van der Waals surface area contributed by atoms with Crippen LogP contribution < -0.4 is 14.5 Å². The number of hydrogen-bond acceptors (Lipinski definition) is 5. The third-order valence-electron chi connectivity index (χ3n) is 6.15. The molecule has 0 aromatic heterocycles. The second kappa shape index (κ2) is 14.1. The van der Waals surface area contributed by atoms with E-state index < -0.39 is 18.6 Å². The molecule has 0 aliphatic carbocycles. The predicted octanol–water partition coefficient (Wildman–Crippen LogP) is 4.66. The van der Waals surface area contributed by atoms with Gasteiger partial charge in [-0.25, -0.2) is 0 Å². The molecule has 0 saturated heterocycles. The van der Waals surface area contributed by atoms with Crippen molar-refractivity contribution >= 4 is 37.0 Å². The van der Waals surface area contributed by atoms with Gasteiger partial charge in [0, 0.05) is 0 Å². The summed E-state index contributed by atoms with van der Waals surface area (Å²) >= 11 is 6.66. The Morgan fingerprint density at radius 1 is 1.02 bits per heavy atom. The first-order chi connectivity index (χ1) is 19.4. The fraction of sp³-hybridized carbons (Fsp3) is 0.161. The first-order valence-corrected chi connectivity index (χ1v) is 14.8. The molecular weight excluding hydrogens is 598 g/mol. The molecule has 0 amide bonds. The van der Waals surface area contributed by atoms with E-state index in [1.54, 1.807) is 36.4 Å². The SMILES string of the molecule is N#Cc1cccc(COc2cc([Se]Cc3cccc(-c4ccccc4F)c3Cl)ccc2CN[C@@H](CO)C(=O)O)c1. The Morgan fingerprint density at radius 2 is 1.80 bits per heavy atom. The van der Waals surface area contributed by atoms with Crippen LogP contribution in [0.5, 0.6) is 5.75 Å². The van der Waals surface area contributed by atoms with Crippen LogP contribution in [0, 0.1) is 17.1 Å². The molecule has 9 heteroatoms. The van der Waals surface area contributed by atoms with Crippen molar-refractivity contribution in [1.82, 2.24) is 5.32 Å². The predicted molar refractivity (Wildman–Crippen MR) is 153 cm³/mol. The van der Waals surface area contributed by atoms with Crippen molar-refractivity contribution in [2.24, 2.45) is 0 Å². The van der Waals surface area contributed by atoms with Crippen LogP contribution >= 0.6 is 11.6 Å². The van der Waals surface area contributed by atoms with Crippen molar-refractivity contribution in [2.45, 2.75) is 24.5 Å². The van der Waals surface area contributed by atoms with E-state index in [2.05, 4.69) is 11.4 Å². The molecule has 0 aliphatic rings. The Kier molecular flexibility index (Phi) is 10.3. The topological polar surface area (TPSA) is 103 Å². The number of rotatable bonds is 12. The Balaban J connectivity index is 1.54. The fourth-order valence-electron chi connectivity index (χ4n) is 4.00. The third kappa shape index (κ3) is 7.48. The fourth-order valence-corrected chi connectivity index (χ4v) is 6.40. The van der Waals surface area contributed by atoms with Crippen molar-refractivity contribution < 1.29 is 24.1 Å². The van der Waals surface area contributed by atoms with Crippen LogP contribution in [0.15, 0.2) is 84.9 Å². The van der Waals surface area contributed by atoms with Gasteiger partial charge < -0.3 is 0 Å². The second-order valence-corrected chi connectivity index (χ2v) is 11.5. The minimum absolute atomic E-state index is 0.0447. The number of carboxylic acids is 1. The van der Waals surface area contributed by atoms with Crippen LogP contribution in [0.1, 0.15) is 22.3 Å². The average molecular weight is 624 g/mol. The molecule has 204 valence electrons. The summed E-state index contributed by atoms with van der Waals surface area (Å²) in [5, 5.41) is 31.9. The van der Waals surface area contributed by atoms with Crippen molar-refractivity contribution in [2.75, 3.05) is 6.61 Å². The van der Waals surface area contributed by atoms with Crippen molar-refractivity contribution in [3.05, 3.63) is 118 Å². The molecule has 4 aromatic rings. The molecule has 0 bridgehead atoms. The molecule has 0 unspecified atom stereocenters. The molecule has 0 fully saturated rings. The van der Waals surface area contributed by atoms with E-state index in [0.29, 0.717) is 32.8 Å². The quantitative estimate of drug-likeness (QED) is 0.199. The molecular formula is C31H26ClFN2O4Se. The first kappa shape index (κ1) is 29.3. The van der Waals surface area contributed by atoms with E-state index in [0.717, 1.165) is 21.2 Å². The number of nitriles is 1. The van der Waals surface area contributed by atoms with Crippen molar-refractivity contribution in [3.8, 4) is 22.9 Å². The number of aliphatic hydroxyl groups is 1. The number of aliphatic carboxylic acids is 1. The van der Waals surface area contributed by atoms with Crippen LogP contribution in [0.3, 0.4) is 0 Å². The molecule has 0 spiro atoms. The molecule has 0 heterocycles. The van der Waals surface area contributed by atoms with Crippen LogP contribution in [0.2, 0.25) is 5.02 Å². The van der Waals surface area contributed by atoms with E-state index >= 15 is 0 Å². The summed E-state index contributed by atoms with van der Waals surface area (Å²) in [5.41, 5.74) is 4.10. The van der Waals surface area contributed by atoms with E-state index in [4.69, 9.17) is 16.3 Å². The average Bonchev–Trinajstić information content (AvgIpc) is 2.97. The maximum absolute atomic E-state index is 14.4. The summed E-state index contributed by atoms with van der Waals surface area (Å²) in [5.74, 6) is -0.903. The zero-order chi connectivity index (χ0) is 28.5. The molecule has 6 nitrogen and oxygen atoms in total. The van der Waals surface area contributed by atoms with Crippen molar-refractivity contribution in [3.63, 3.8) is 0 Å². The Bertz CT molecular complexity index is 1540. The van der Waals surface area contributed by atoms with Gasteiger partial charge in [-0.3, -0.25) is 0 Å². The van der Waals surface area contributed by atoms with Gasteiger partial charge in [-0.1, -0.05) is 0 Å². The summed E-state index contributed by atoms with van der Waals surface area (Å²) in [6.45, 7) is -0.146. The van der Waals surface area contributed by atoms with Gasteiger partial charge >= 0.3 is 244 Å². The van der Waals surface area contributed by atoms with Gasteiger partial charge in [0.25, 0.3) is 0 Å².